The third-order valence-corrected chi connectivity index (χ3v) is 3.81. The third kappa shape index (κ3) is 3.93. The molecule has 0 bridgehead atoms. The highest BCUT2D eigenvalue weighted by Gasteiger charge is 2.24. The Balaban J connectivity index is 2.00. The number of hydrogen-bond donors (Lipinski definition) is 0. The average molecular weight is 364 g/mol. The molecule has 0 unspecified atom stereocenters. The van der Waals surface area contributed by atoms with E-state index in [4.69, 9.17) is 25.4 Å². The lowest BCUT2D eigenvalue weighted by molar-refractivity contribution is -0.135. The van der Waals surface area contributed by atoms with E-state index in [1.54, 1.807) is 36.4 Å². The lowest BCUT2D eigenvalue weighted by atomic mass is 10.00. The Labute approximate surface area is 156 Å². The van der Waals surface area contributed by atoms with Gasteiger partial charge in [0.25, 0.3) is 0 Å². The van der Waals surface area contributed by atoms with Gasteiger partial charge < -0.3 is 18.9 Å². The number of Topliss-reactive ketones (excluding diaryl/α,β-unsaturated/α-hetero) is 1. The summed E-state index contributed by atoms with van der Waals surface area (Å²) in [4.78, 5) is 25.2. The molecule has 0 saturated carbocycles. The van der Waals surface area contributed by atoms with Crippen molar-refractivity contribution in [3.8, 4) is 29.6 Å². The molecule has 0 atom stereocenters. The predicted molar refractivity (Wildman–Crippen MR) is 97.7 cm³/mol. The lowest BCUT2D eigenvalue weighted by Crippen LogP contribution is -2.15. The zero-order valence-electron chi connectivity index (χ0n) is 14.6. The molecule has 2 aromatic carbocycles. The molecule has 0 saturated heterocycles. The largest absolute Gasteiger partial charge is 0.480 e. The average Bonchev–Trinajstić information content (AvgIpc) is 3.18. The molecule has 136 valence electrons. The van der Waals surface area contributed by atoms with Crippen molar-refractivity contribution in [3.63, 3.8) is 0 Å². The van der Waals surface area contributed by atoms with E-state index in [9.17, 15) is 9.59 Å². The molecule has 0 aromatic heterocycles. The molecule has 0 fully saturated rings. The van der Waals surface area contributed by atoms with Crippen LogP contribution in [0.15, 0.2) is 48.0 Å². The van der Waals surface area contributed by atoms with Crippen LogP contribution in [0.4, 0.5) is 0 Å². The van der Waals surface area contributed by atoms with Gasteiger partial charge in [0.05, 0.1) is 7.11 Å². The number of benzene rings is 2. The van der Waals surface area contributed by atoms with Gasteiger partial charge in [-0.25, -0.2) is 4.79 Å². The quantitative estimate of drug-likeness (QED) is 0.196. The van der Waals surface area contributed by atoms with Gasteiger partial charge in [0, 0.05) is 11.1 Å². The minimum atomic E-state index is -0.760. The Morgan fingerprint density at radius 2 is 1.96 bits per heavy atom. The molecule has 0 aliphatic carbocycles. The molecule has 27 heavy (non-hydrogen) atoms. The number of fused-ring (bicyclic) bond motifs is 1. The zero-order chi connectivity index (χ0) is 19.2. The van der Waals surface area contributed by atoms with E-state index < -0.39 is 11.8 Å². The lowest BCUT2D eigenvalue weighted by Gasteiger charge is -2.09. The number of esters is 1. The van der Waals surface area contributed by atoms with Gasteiger partial charge in [-0.1, -0.05) is 24.1 Å². The van der Waals surface area contributed by atoms with Gasteiger partial charge in [-0.15, -0.1) is 6.42 Å². The van der Waals surface area contributed by atoms with E-state index in [-0.39, 0.29) is 24.5 Å². The smallest absolute Gasteiger partial charge is 0.341 e. The molecule has 6 nitrogen and oxygen atoms in total. The van der Waals surface area contributed by atoms with Crippen LogP contribution in [0.3, 0.4) is 0 Å². The maximum atomic E-state index is 12.9. The van der Waals surface area contributed by atoms with Gasteiger partial charge in [0.1, 0.15) is 17.9 Å². The van der Waals surface area contributed by atoms with Crippen molar-refractivity contribution in [2.24, 2.45) is 0 Å². The Morgan fingerprint density at radius 3 is 2.74 bits per heavy atom. The van der Waals surface area contributed by atoms with Gasteiger partial charge >= 0.3 is 5.97 Å². The second kappa shape index (κ2) is 8.11. The molecule has 3 rings (SSSR count). The molecule has 0 N–H and O–H groups in total. The number of ketones is 1. The van der Waals surface area contributed by atoms with Crippen molar-refractivity contribution < 1.29 is 28.5 Å². The number of rotatable bonds is 6. The Bertz CT molecular complexity index is 951. The SMILES string of the molecule is C#CCOc1ccccc1/C=C(\C(=O)OC)C(=O)c1ccc2c(c1)OCO2. The molecule has 0 radical (unpaired) electrons. The molecule has 6 heteroatoms. The van der Waals surface area contributed by atoms with Crippen molar-refractivity contribution >= 4 is 17.8 Å². The van der Waals surface area contributed by atoms with E-state index in [2.05, 4.69) is 5.92 Å². The summed E-state index contributed by atoms with van der Waals surface area (Å²) in [6.07, 6.45) is 6.65. The maximum Gasteiger partial charge on any atom is 0.341 e. The van der Waals surface area contributed by atoms with Gasteiger partial charge in [-0.3, -0.25) is 4.79 Å². The summed E-state index contributed by atoms with van der Waals surface area (Å²) in [6, 6.07) is 11.6. The fourth-order valence-corrected chi connectivity index (χ4v) is 2.53. The first-order chi connectivity index (χ1) is 13.1. The van der Waals surface area contributed by atoms with E-state index >= 15 is 0 Å². The minimum absolute atomic E-state index is 0.0640. The summed E-state index contributed by atoms with van der Waals surface area (Å²) in [7, 11) is 1.21. The second-order valence-corrected chi connectivity index (χ2v) is 5.48. The van der Waals surface area contributed by atoms with Crippen molar-refractivity contribution in [1.82, 2.24) is 0 Å². The Morgan fingerprint density at radius 1 is 1.19 bits per heavy atom. The van der Waals surface area contributed by atoms with Crippen LogP contribution in [0.2, 0.25) is 0 Å². The number of hydrogen-bond acceptors (Lipinski definition) is 6. The normalized spacial score (nSPS) is 12.2. The molecular weight excluding hydrogens is 348 g/mol. The first-order valence-corrected chi connectivity index (χ1v) is 8.03. The molecular formula is C21H16O6. The van der Waals surface area contributed by atoms with E-state index in [1.165, 1.54) is 19.3 Å². The van der Waals surface area contributed by atoms with Crippen molar-refractivity contribution in [3.05, 3.63) is 59.2 Å². The van der Waals surface area contributed by atoms with Gasteiger partial charge in [0.15, 0.2) is 17.3 Å². The van der Waals surface area contributed by atoms with E-state index in [0.717, 1.165) is 0 Å². The Hall–Kier alpha value is -3.72. The topological polar surface area (TPSA) is 71.1 Å². The first-order valence-electron chi connectivity index (χ1n) is 8.03. The first kappa shape index (κ1) is 18.1. The van der Waals surface area contributed by atoms with Gasteiger partial charge in [-0.2, -0.15) is 0 Å². The molecule has 1 aliphatic heterocycles. The number of terminal acetylenes is 1. The van der Waals surface area contributed by atoms with Crippen LogP contribution in [0.5, 0.6) is 17.2 Å². The fraction of sp³-hybridized carbons (Fsp3) is 0.143. The highest BCUT2D eigenvalue weighted by molar-refractivity contribution is 6.27. The second-order valence-electron chi connectivity index (χ2n) is 5.48. The van der Waals surface area contributed by atoms with E-state index in [0.29, 0.717) is 22.8 Å². The fourth-order valence-electron chi connectivity index (χ4n) is 2.53. The number of ether oxygens (including phenoxy) is 4. The van der Waals surface area contributed by atoms with Crippen molar-refractivity contribution in [2.75, 3.05) is 20.5 Å². The van der Waals surface area contributed by atoms with E-state index in [1.807, 2.05) is 0 Å². The van der Waals surface area contributed by atoms with Crippen LogP contribution in [0.1, 0.15) is 15.9 Å². The number of carbonyl (C=O) groups excluding carboxylic acids is 2. The number of methoxy groups -OCH3 is 1. The standard InChI is InChI=1S/C21H16O6/c1-3-10-25-17-7-5-4-6-14(17)11-16(21(23)24-2)20(22)15-8-9-18-19(12-15)27-13-26-18/h1,4-9,11-12H,10,13H2,2H3/b16-11-. The Kier molecular flexibility index (Phi) is 5.43. The zero-order valence-corrected chi connectivity index (χ0v) is 14.6. The summed E-state index contributed by atoms with van der Waals surface area (Å²) in [6.45, 7) is 0.154. The monoisotopic (exact) mass is 364 g/mol. The number of para-hydroxylation sites is 1. The summed E-state index contributed by atoms with van der Waals surface area (Å²) < 4.78 is 20.8. The predicted octanol–water partition coefficient (Wildman–Crippen LogP) is 2.87. The van der Waals surface area contributed by atoms with Crippen LogP contribution < -0.4 is 14.2 Å². The minimum Gasteiger partial charge on any atom is -0.480 e. The third-order valence-electron chi connectivity index (χ3n) is 3.81. The highest BCUT2D eigenvalue weighted by atomic mass is 16.7. The van der Waals surface area contributed by atoms with Crippen molar-refractivity contribution in [2.45, 2.75) is 0 Å². The van der Waals surface area contributed by atoms with Crippen LogP contribution in [0, 0.1) is 12.3 Å². The van der Waals surface area contributed by atoms with Crippen LogP contribution >= 0.6 is 0 Å². The molecule has 0 amide bonds. The summed E-state index contributed by atoms with van der Waals surface area (Å²) in [5, 5.41) is 0. The summed E-state index contributed by atoms with van der Waals surface area (Å²) >= 11 is 0. The van der Waals surface area contributed by atoms with Gasteiger partial charge in [-0.05, 0) is 30.3 Å². The molecule has 2 aromatic rings. The molecule has 1 heterocycles. The van der Waals surface area contributed by atoms with Crippen LogP contribution in [0.25, 0.3) is 6.08 Å². The number of carbonyl (C=O) groups is 2. The van der Waals surface area contributed by atoms with Crippen LogP contribution in [-0.4, -0.2) is 32.3 Å². The summed E-state index contributed by atoms with van der Waals surface area (Å²) in [5.74, 6) is 2.55. The molecule has 1 aliphatic rings. The van der Waals surface area contributed by atoms with Gasteiger partial charge in [0.2, 0.25) is 6.79 Å². The highest BCUT2D eigenvalue weighted by Crippen LogP contribution is 2.33. The summed E-state index contributed by atoms with van der Waals surface area (Å²) in [5.41, 5.74) is 0.660. The van der Waals surface area contributed by atoms with Crippen molar-refractivity contribution in [1.29, 1.82) is 0 Å². The molecule has 0 spiro atoms. The van der Waals surface area contributed by atoms with Crippen LogP contribution in [-0.2, 0) is 9.53 Å². The maximum absolute atomic E-state index is 12.9.